The van der Waals surface area contributed by atoms with E-state index < -0.39 is 0 Å². The lowest BCUT2D eigenvalue weighted by molar-refractivity contribution is 0.328. The van der Waals surface area contributed by atoms with Crippen molar-refractivity contribution in [2.45, 2.75) is 13.3 Å². The predicted molar refractivity (Wildman–Crippen MR) is 68.1 cm³/mol. The monoisotopic (exact) mass is 334 g/mol. The van der Waals surface area contributed by atoms with Crippen molar-refractivity contribution in [3.63, 3.8) is 0 Å². The maximum absolute atomic E-state index is 9.52. The van der Waals surface area contributed by atoms with Gasteiger partial charge in [0, 0.05) is 0 Å². The quantitative estimate of drug-likeness (QED) is 0.831. The number of phenols is 1. The molecule has 0 aliphatic carbocycles. The number of hydrogen-bond donors (Lipinski definition) is 2. The Bertz CT molecular complexity index is 363. The first kappa shape index (κ1) is 12.7. The summed E-state index contributed by atoms with van der Waals surface area (Å²) in [6, 6.07) is 3.69. The number of aliphatic hydroxyl groups is 1. The number of aliphatic hydroxyl groups excluding tert-OH is 1. The largest absolute Gasteiger partial charge is 0.506 e. The van der Waals surface area contributed by atoms with E-state index in [0.29, 0.717) is 15.4 Å². The second-order valence-corrected chi connectivity index (χ2v) is 4.90. The van der Waals surface area contributed by atoms with E-state index in [1.807, 2.05) is 25.1 Å². The van der Waals surface area contributed by atoms with E-state index in [1.54, 1.807) is 0 Å². The Morgan fingerprint density at radius 3 is 2.27 bits per heavy atom. The lowest BCUT2D eigenvalue weighted by Crippen LogP contribution is -1.95. The molecule has 1 aromatic carbocycles. The van der Waals surface area contributed by atoms with E-state index in [0.717, 1.165) is 11.1 Å². The molecular formula is C11H12Br2O2. The molecule has 15 heavy (non-hydrogen) atoms. The molecule has 4 heteroatoms. The molecule has 82 valence electrons. The van der Waals surface area contributed by atoms with Crippen molar-refractivity contribution in [3.8, 4) is 5.75 Å². The Hall–Kier alpha value is -0.320. The van der Waals surface area contributed by atoms with Gasteiger partial charge in [0.05, 0.1) is 15.6 Å². The molecule has 0 bridgehead atoms. The third-order valence-electron chi connectivity index (χ3n) is 2.12. The van der Waals surface area contributed by atoms with Crippen LogP contribution in [0.2, 0.25) is 0 Å². The fraction of sp³-hybridized carbons (Fsp3) is 0.273. The fourth-order valence-corrected chi connectivity index (χ4v) is 2.51. The number of aromatic hydroxyl groups is 1. The molecule has 0 atom stereocenters. The van der Waals surface area contributed by atoms with E-state index in [1.165, 1.54) is 0 Å². The van der Waals surface area contributed by atoms with Crippen LogP contribution in [0.15, 0.2) is 32.7 Å². The number of allylic oxidation sites excluding steroid dienone is 1. The first-order valence-electron chi connectivity index (χ1n) is 4.50. The highest BCUT2D eigenvalue weighted by molar-refractivity contribution is 9.11. The number of rotatable bonds is 3. The molecule has 2 nitrogen and oxygen atoms in total. The second-order valence-electron chi connectivity index (χ2n) is 3.19. The summed E-state index contributed by atoms with van der Waals surface area (Å²) >= 11 is 6.54. The van der Waals surface area contributed by atoms with Gasteiger partial charge in [-0.25, -0.2) is 0 Å². The zero-order valence-corrected chi connectivity index (χ0v) is 11.5. The van der Waals surface area contributed by atoms with Gasteiger partial charge in [-0.05, 0) is 68.5 Å². The van der Waals surface area contributed by atoms with Gasteiger partial charge in [0.1, 0.15) is 5.75 Å². The van der Waals surface area contributed by atoms with Crippen molar-refractivity contribution in [2.75, 3.05) is 6.61 Å². The van der Waals surface area contributed by atoms with Crippen molar-refractivity contribution < 1.29 is 10.2 Å². The van der Waals surface area contributed by atoms with Crippen molar-refractivity contribution >= 4 is 31.9 Å². The molecule has 2 N–H and O–H groups in total. The van der Waals surface area contributed by atoms with Gasteiger partial charge < -0.3 is 10.2 Å². The molecule has 0 fully saturated rings. The summed E-state index contributed by atoms with van der Waals surface area (Å²) in [5, 5.41) is 18.6. The van der Waals surface area contributed by atoms with Gasteiger partial charge in [-0.1, -0.05) is 6.08 Å². The number of halogens is 2. The summed E-state index contributed by atoms with van der Waals surface area (Å²) in [7, 11) is 0. The summed E-state index contributed by atoms with van der Waals surface area (Å²) in [6.45, 7) is 1.96. The van der Waals surface area contributed by atoms with Crippen molar-refractivity contribution in [1.29, 1.82) is 0 Å². The molecule has 0 radical (unpaired) electrons. The van der Waals surface area contributed by atoms with Gasteiger partial charge in [-0.2, -0.15) is 0 Å². The predicted octanol–water partition coefficient (Wildman–Crippen LogP) is 3.40. The molecular weight excluding hydrogens is 324 g/mol. The van der Waals surface area contributed by atoms with Gasteiger partial charge in [-0.3, -0.25) is 0 Å². The Balaban J connectivity index is 2.97. The average molecular weight is 336 g/mol. The van der Waals surface area contributed by atoms with Crippen LogP contribution in [0.25, 0.3) is 0 Å². The van der Waals surface area contributed by atoms with Gasteiger partial charge in [0.2, 0.25) is 0 Å². The second kappa shape index (κ2) is 5.68. The molecule has 0 amide bonds. The summed E-state index contributed by atoms with van der Waals surface area (Å²) < 4.78 is 1.31. The van der Waals surface area contributed by atoms with Gasteiger partial charge >= 0.3 is 0 Å². The van der Waals surface area contributed by atoms with E-state index in [4.69, 9.17) is 5.11 Å². The van der Waals surface area contributed by atoms with E-state index in [9.17, 15) is 5.11 Å². The minimum atomic E-state index is 0.0621. The topological polar surface area (TPSA) is 40.5 Å². The Morgan fingerprint density at radius 1 is 1.33 bits per heavy atom. The normalized spacial score (nSPS) is 11.9. The molecule has 0 aliphatic rings. The zero-order valence-electron chi connectivity index (χ0n) is 8.30. The molecule has 1 rings (SSSR count). The number of benzene rings is 1. The molecule has 0 unspecified atom stereocenters. The van der Waals surface area contributed by atoms with Gasteiger partial charge in [-0.15, -0.1) is 0 Å². The standard InChI is InChI=1S/C11H12Br2O2/c1-2-7(6-14)3-8-4-9(12)11(15)10(13)5-8/h2,4-5,14-15H,3,6H2,1H3/b7-2+. The first-order valence-corrected chi connectivity index (χ1v) is 6.09. The van der Waals surface area contributed by atoms with Crippen molar-refractivity contribution in [3.05, 3.63) is 38.3 Å². The van der Waals surface area contributed by atoms with Crippen LogP contribution in [0.4, 0.5) is 0 Å². The van der Waals surface area contributed by atoms with Crippen LogP contribution in [0.5, 0.6) is 5.75 Å². The van der Waals surface area contributed by atoms with Gasteiger partial charge in [0.25, 0.3) is 0 Å². The van der Waals surface area contributed by atoms with E-state index >= 15 is 0 Å². The van der Waals surface area contributed by atoms with Gasteiger partial charge in [0.15, 0.2) is 0 Å². The molecule has 0 saturated heterocycles. The minimum absolute atomic E-state index is 0.0621. The minimum Gasteiger partial charge on any atom is -0.506 e. The zero-order chi connectivity index (χ0) is 11.4. The molecule has 0 spiro atoms. The van der Waals surface area contributed by atoms with Crippen LogP contribution in [0.3, 0.4) is 0 Å². The summed E-state index contributed by atoms with van der Waals surface area (Å²) in [6.07, 6.45) is 2.58. The SMILES string of the molecule is C/C=C(/CO)Cc1cc(Br)c(O)c(Br)c1. The average Bonchev–Trinajstić information content (AvgIpc) is 2.22. The van der Waals surface area contributed by atoms with Crippen LogP contribution in [-0.4, -0.2) is 16.8 Å². The maximum Gasteiger partial charge on any atom is 0.143 e. The highest BCUT2D eigenvalue weighted by Crippen LogP contribution is 2.33. The summed E-state index contributed by atoms with van der Waals surface area (Å²) in [4.78, 5) is 0. The number of hydrogen-bond acceptors (Lipinski definition) is 2. The Morgan fingerprint density at radius 2 is 1.87 bits per heavy atom. The summed E-state index contributed by atoms with van der Waals surface area (Å²) in [5.74, 6) is 0.199. The molecule has 1 aromatic rings. The van der Waals surface area contributed by atoms with E-state index in [-0.39, 0.29) is 12.4 Å². The maximum atomic E-state index is 9.52. The highest BCUT2D eigenvalue weighted by Gasteiger charge is 2.06. The third kappa shape index (κ3) is 3.33. The lowest BCUT2D eigenvalue weighted by Gasteiger charge is -2.07. The molecule has 0 saturated carbocycles. The fourth-order valence-electron chi connectivity index (χ4n) is 1.23. The first-order chi connectivity index (χ1) is 7.08. The smallest absolute Gasteiger partial charge is 0.143 e. The van der Waals surface area contributed by atoms with Crippen molar-refractivity contribution in [2.24, 2.45) is 0 Å². The van der Waals surface area contributed by atoms with Crippen LogP contribution >= 0.6 is 31.9 Å². The third-order valence-corrected chi connectivity index (χ3v) is 3.33. The molecule has 0 aromatic heterocycles. The molecule has 0 heterocycles. The summed E-state index contributed by atoms with van der Waals surface area (Å²) in [5.41, 5.74) is 1.99. The van der Waals surface area contributed by atoms with Crippen LogP contribution in [0, 0.1) is 0 Å². The Kier molecular flexibility index (Phi) is 4.83. The Labute approximate surface area is 106 Å². The number of phenolic OH excluding ortho intramolecular Hbond substituents is 1. The van der Waals surface area contributed by atoms with Crippen molar-refractivity contribution in [1.82, 2.24) is 0 Å². The van der Waals surface area contributed by atoms with Crippen LogP contribution in [-0.2, 0) is 6.42 Å². The molecule has 0 aliphatic heterocycles. The van der Waals surface area contributed by atoms with Crippen LogP contribution < -0.4 is 0 Å². The highest BCUT2D eigenvalue weighted by atomic mass is 79.9. The lowest BCUT2D eigenvalue weighted by atomic mass is 10.1. The van der Waals surface area contributed by atoms with Crippen LogP contribution in [0.1, 0.15) is 12.5 Å². The van der Waals surface area contributed by atoms with E-state index in [2.05, 4.69) is 31.9 Å².